The van der Waals surface area contributed by atoms with E-state index in [9.17, 15) is 4.79 Å². The van der Waals surface area contributed by atoms with Gasteiger partial charge in [0, 0.05) is 0 Å². The normalized spacial score (nSPS) is 11.1. The third-order valence-electron chi connectivity index (χ3n) is 3.25. The average Bonchev–Trinajstić information content (AvgIpc) is 2.38. The molecule has 0 aliphatic carbocycles. The number of nitrogens with one attached hydrogen (secondary N) is 1. The van der Waals surface area contributed by atoms with Crippen LogP contribution in [0.5, 0.6) is 5.75 Å². The van der Waals surface area contributed by atoms with Crippen molar-refractivity contribution in [1.29, 1.82) is 0 Å². The third kappa shape index (κ3) is 3.50. The molecule has 0 spiro atoms. The Labute approximate surface area is 106 Å². The van der Waals surface area contributed by atoms with E-state index in [0.717, 1.165) is 0 Å². The van der Waals surface area contributed by atoms with Crippen molar-refractivity contribution in [1.82, 2.24) is 5.32 Å². The number of ether oxygens (including phenoxy) is 1. The summed E-state index contributed by atoms with van der Waals surface area (Å²) in [7, 11) is 1.56. The van der Waals surface area contributed by atoms with E-state index in [4.69, 9.17) is 4.74 Å². The molecule has 0 bridgehead atoms. The third-order valence-corrected chi connectivity index (χ3v) is 12.3. The maximum atomic E-state index is 11.2. The number of hydrogen-bond donors (Lipinski definition) is 1. The Hall–Kier alpha value is -0.952. The average molecular weight is 298 g/mol. The Bertz CT molecular complexity index is 389. The number of benzene rings is 1. The van der Waals surface area contributed by atoms with Crippen LogP contribution in [0.25, 0.3) is 0 Å². The predicted octanol–water partition coefficient (Wildman–Crippen LogP) is 2.73. The van der Waals surface area contributed by atoms with Crippen molar-refractivity contribution in [3.8, 4) is 5.75 Å². The molecule has 0 radical (unpaired) electrons. The van der Waals surface area contributed by atoms with Crippen LogP contribution >= 0.6 is 0 Å². The van der Waals surface area contributed by atoms with Crippen LogP contribution < -0.4 is 14.4 Å². The molecule has 0 fully saturated rings. The molecule has 0 saturated carbocycles. The Morgan fingerprint density at radius 1 is 1.35 bits per heavy atom. The van der Waals surface area contributed by atoms with Crippen molar-refractivity contribution in [3.05, 3.63) is 24.3 Å². The summed E-state index contributed by atoms with van der Waals surface area (Å²) in [6.07, 6.45) is -0.414. The standard InChI is InChI=1S/C13H20AsNO2/c1-5-14(3,6-2)11-8-7-9-12(10-11)17-13(16)15-4/h7-10H,5-6H2,1-4H3/p+1. The summed E-state index contributed by atoms with van der Waals surface area (Å²) in [5.74, 6) is 0.636. The molecule has 0 heterocycles. The molecule has 1 amide bonds. The van der Waals surface area contributed by atoms with E-state index < -0.39 is 19.6 Å². The molecule has 1 aromatic rings. The zero-order valence-corrected chi connectivity index (χ0v) is 12.9. The number of hydrogen-bond acceptors (Lipinski definition) is 2. The molecule has 0 aliphatic rings. The van der Waals surface area contributed by atoms with Crippen molar-refractivity contribution >= 4 is 24.0 Å². The number of rotatable bonds is 4. The van der Waals surface area contributed by atoms with Crippen molar-refractivity contribution in [2.24, 2.45) is 0 Å². The maximum absolute atomic E-state index is 11.2. The summed E-state index contributed by atoms with van der Waals surface area (Å²) >= 11 is -1.74. The van der Waals surface area contributed by atoms with Crippen LogP contribution in [-0.4, -0.2) is 26.7 Å². The summed E-state index contributed by atoms with van der Waals surface area (Å²) in [4.78, 5) is 11.2. The van der Waals surface area contributed by atoms with Gasteiger partial charge in [0.15, 0.2) is 0 Å². The number of carbonyl (C=O) groups excluding carboxylic acids is 1. The van der Waals surface area contributed by atoms with Gasteiger partial charge >= 0.3 is 106 Å². The molecule has 0 atom stereocenters. The van der Waals surface area contributed by atoms with Crippen molar-refractivity contribution < 1.29 is 9.53 Å². The molecular formula is C13H21AsNO2+. The molecule has 0 aromatic heterocycles. The SMILES string of the molecule is CC[As+](C)(CC)c1cccc(OC(=O)NC)c1. The van der Waals surface area contributed by atoms with Crippen molar-refractivity contribution in [2.45, 2.75) is 30.0 Å². The van der Waals surface area contributed by atoms with Gasteiger partial charge in [0.2, 0.25) is 0 Å². The molecule has 0 saturated heterocycles. The number of amides is 1. The summed E-state index contributed by atoms with van der Waals surface area (Å²) < 4.78 is 6.55. The molecule has 3 nitrogen and oxygen atoms in total. The first-order valence-corrected chi connectivity index (χ1v) is 11.4. The molecule has 1 rings (SSSR count). The topological polar surface area (TPSA) is 38.3 Å². The van der Waals surface area contributed by atoms with E-state index in [2.05, 4.69) is 30.9 Å². The van der Waals surface area contributed by atoms with E-state index in [-0.39, 0.29) is 0 Å². The van der Waals surface area contributed by atoms with Gasteiger partial charge < -0.3 is 0 Å². The van der Waals surface area contributed by atoms with Gasteiger partial charge in [-0.05, 0) is 0 Å². The monoisotopic (exact) mass is 298 g/mol. The van der Waals surface area contributed by atoms with Gasteiger partial charge in [-0.25, -0.2) is 0 Å². The van der Waals surface area contributed by atoms with Gasteiger partial charge in [-0.1, -0.05) is 0 Å². The fraction of sp³-hybridized carbons (Fsp3) is 0.462. The fourth-order valence-corrected chi connectivity index (χ4v) is 5.96. The minimum atomic E-state index is -1.74. The van der Waals surface area contributed by atoms with E-state index >= 15 is 0 Å². The van der Waals surface area contributed by atoms with Gasteiger partial charge in [0.25, 0.3) is 0 Å². The molecular weight excluding hydrogens is 277 g/mol. The summed E-state index contributed by atoms with van der Waals surface area (Å²) in [6.45, 7) is 4.51. The van der Waals surface area contributed by atoms with Crippen LogP contribution in [-0.2, 0) is 0 Å². The van der Waals surface area contributed by atoms with Gasteiger partial charge in [-0.2, -0.15) is 0 Å². The second kappa shape index (κ2) is 6.11. The summed E-state index contributed by atoms with van der Waals surface area (Å²) in [5, 5.41) is 4.92. The Kier molecular flexibility index (Phi) is 5.07. The fourth-order valence-electron chi connectivity index (χ4n) is 1.63. The van der Waals surface area contributed by atoms with Gasteiger partial charge in [-0.15, -0.1) is 0 Å². The zero-order valence-electron chi connectivity index (χ0n) is 11.0. The van der Waals surface area contributed by atoms with Crippen LogP contribution in [0.3, 0.4) is 0 Å². The minimum absolute atomic E-state index is 0.414. The van der Waals surface area contributed by atoms with Crippen LogP contribution in [0.15, 0.2) is 24.3 Å². The van der Waals surface area contributed by atoms with Gasteiger partial charge in [0.05, 0.1) is 0 Å². The van der Waals surface area contributed by atoms with E-state index in [1.54, 1.807) is 7.05 Å². The Balaban J connectivity index is 2.96. The van der Waals surface area contributed by atoms with E-state index in [1.165, 1.54) is 14.8 Å². The molecule has 1 aromatic carbocycles. The van der Waals surface area contributed by atoms with E-state index in [1.807, 2.05) is 18.2 Å². The summed E-state index contributed by atoms with van der Waals surface area (Å²) in [5.41, 5.74) is 2.40. The van der Waals surface area contributed by atoms with Crippen molar-refractivity contribution in [3.63, 3.8) is 0 Å². The van der Waals surface area contributed by atoms with Crippen molar-refractivity contribution in [2.75, 3.05) is 7.05 Å². The molecule has 1 N–H and O–H groups in total. The molecule has 94 valence electrons. The molecule has 0 unspecified atom stereocenters. The molecule has 0 aliphatic heterocycles. The zero-order chi connectivity index (χ0) is 12.9. The number of carbonyl (C=O) groups is 1. The second-order valence-electron chi connectivity index (χ2n) is 4.17. The van der Waals surface area contributed by atoms with Crippen LogP contribution in [0.2, 0.25) is 16.1 Å². The first-order valence-electron chi connectivity index (χ1n) is 5.90. The van der Waals surface area contributed by atoms with Gasteiger partial charge in [0.1, 0.15) is 0 Å². The van der Waals surface area contributed by atoms with Crippen LogP contribution in [0.1, 0.15) is 13.8 Å². The van der Waals surface area contributed by atoms with Crippen LogP contribution in [0.4, 0.5) is 4.79 Å². The second-order valence-corrected chi connectivity index (χ2v) is 13.8. The summed E-state index contributed by atoms with van der Waals surface area (Å²) in [6, 6.07) is 7.98. The Morgan fingerprint density at radius 3 is 2.53 bits per heavy atom. The first-order chi connectivity index (χ1) is 8.05. The van der Waals surface area contributed by atoms with E-state index in [0.29, 0.717) is 5.75 Å². The molecule has 4 heteroatoms. The Morgan fingerprint density at radius 2 is 2.00 bits per heavy atom. The quantitative estimate of drug-likeness (QED) is 0.868. The molecule has 17 heavy (non-hydrogen) atoms. The predicted molar refractivity (Wildman–Crippen MR) is 73.7 cm³/mol. The first kappa shape index (κ1) is 14.1. The van der Waals surface area contributed by atoms with Crippen LogP contribution in [0, 0.1) is 0 Å². The van der Waals surface area contributed by atoms with Gasteiger partial charge in [-0.3, -0.25) is 0 Å².